The highest BCUT2D eigenvalue weighted by Crippen LogP contribution is 2.45. The summed E-state index contributed by atoms with van der Waals surface area (Å²) < 4.78 is 106. The Morgan fingerprint density at radius 1 is 0.233 bits per heavy atom. The van der Waals surface area contributed by atoms with Gasteiger partial charge in [0, 0.05) is 67.0 Å². The van der Waals surface area contributed by atoms with E-state index >= 15 is 0 Å². The van der Waals surface area contributed by atoms with Crippen LogP contribution in [-0.4, -0.2) is 9.13 Å². The third-order valence-corrected chi connectivity index (χ3v) is 21.6. The van der Waals surface area contributed by atoms with Crippen LogP contribution in [0.5, 0.6) is 11.5 Å². The lowest BCUT2D eigenvalue weighted by Crippen LogP contribution is -2.09. The second kappa shape index (κ2) is 30.9. The number of halogens is 6. The number of ether oxygens (including phenoxy) is 4. The number of rotatable bonds is 22. The zero-order chi connectivity index (χ0) is 78.3. The molecule has 0 aliphatic rings. The van der Waals surface area contributed by atoms with Gasteiger partial charge in [-0.1, -0.05) is 194 Å². The van der Waals surface area contributed by atoms with E-state index in [0.717, 1.165) is 144 Å². The summed E-state index contributed by atoms with van der Waals surface area (Å²) in [5.74, 6) is -0.105. The molecule has 2 heterocycles. The van der Waals surface area contributed by atoms with Crippen molar-refractivity contribution in [3.05, 3.63) is 410 Å². The molecule has 562 valence electrons. The van der Waals surface area contributed by atoms with Crippen molar-refractivity contribution in [2.45, 2.75) is 26.4 Å². The second-order valence-corrected chi connectivity index (χ2v) is 28.7. The van der Waals surface area contributed by atoms with Crippen molar-refractivity contribution in [3.8, 4) is 45.1 Å². The van der Waals surface area contributed by atoms with Gasteiger partial charge in [-0.2, -0.15) is 26.3 Å². The van der Waals surface area contributed by atoms with Crippen LogP contribution in [0.1, 0.15) is 22.3 Å². The van der Waals surface area contributed by atoms with Gasteiger partial charge in [-0.15, -0.1) is 0 Å². The highest BCUT2D eigenvalue weighted by atomic mass is 19.3. The molecule has 0 spiro atoms. The minimum absolute atomic E-state index is 0.0527. The molecule has 0 N–H and O–H groups in total. The van der Waals surface area contributed by atoms with E-state index in [9.17, 15) is 26.3 Å². The SMILES string of the molecule is FC(F)=C(F)Oc1ccc(N(c2ccccc2)c2cccc(-c3ccc4c(c3)c3cc5c(ccc6ccccc65)cc3n4-c3ccc(COCc4ccc(COCc5ccc(-n6c7ccc(-c8cccc(N(c9ccccc9)c9ccc(OC(F)=C(F)F)cc9)c8)cc7c7cc8c(ccc9ccccc98)cc76)cc5)cc4)cc3)c2)cc1. The number of hydrogen-bond acceptors (Lipinski definition) is 6. The average Bonchev–Trinajstić information content (AvgIpc) is 1.57. The van der Waals surface area contributed by atoms with Crippen LogP contribution in [0.3, 0.4) is 0 Å². The van der Waals surface area contributed by atoms with Crippen molar-refractivity contribution >= 4 is 121 Å². The molecule has 0 fully saturated rings. The molecule has 0 bridgehead atoms. The molecule has 14 heteroatoms. The Kier molecular flexibility index (Phi) is 19.1. The van der Waals surface area contributed by atoms with Crippen LogP contribution in [0.25, 0.3) is 120 Å². The van der Waals surface area contributed by atoms with E-state index in [1.165, 1.54) is 56.6 Å². The maximum Gasteiger partial charge on any atom is 0.344 e. The molecule has 19 rings (SSSR count). The Hall–Kier alpha value is -14.4. The lowest BCUT2D eigenvalue weighted by atomic mass is 9.98. The predicted octanol–water partition coefficient (Wildman–Crippen LogP) is 29.0. The summed E-state index contributed by atoms with van der Waals surface area (Å²) in [4.78, 5) is 4.12. The van der Waals surface area contributed by atoms with Crippen LogP contribution in [-0.2, 0) is 35.9 Å². The first-order valence-electron chi connectivity index (χ1n) is 38.0. The van der Waals surface area contributed by atoms with Crippen molar-refractivity contribution in [3.63, 3.8) is 0 Å². The summed E-state index contributed by atoms with van der Waals surface area (Å²) in [6, 6.07) is 119. The molecule has 0 radical (unpaired) electrons. The minimum atomic E-state index is -2.52. The van der Waals surface area contributed by atoms with Gasteiger partial charge in [-0.05, 0) is 257 Å². The molecule has 0 saturated carbocycles. The molecule has 0 aliphatic carbocycles. The predicted molar refractivity (Wildman–Crippen MR) is 457 cm³/mol. The van der Waals surface area contributed by atoms with Gasteiger partial charge in [-0.25, -0.2) is 0 Å². The summed E-state index contributed by atoms with van der Waals surface area (Å²) in [6.45, 7) is 1.72. The fourth-order valence-corrected chi connectivity index (χ4v) is 16.1. The molecule has 0 aliphatic heterocycles. The highest BCUT2D eigenvalue weighted by Gasteiger charge is 2.23. The largest absolute Gasteiger partial charge is 0.428 e. The topological polar surface area (TPSA) is 53.3 Å². The van der Waals surface area contributed by atoms with Crippen molar-refractivity contribution in [1.82, 2.24) is 9.13 Å². The highest BCUT2D eigenvalue weighted by molar-refractivity contribution is 6.20. The summed E-state index contributed by atoms with van der Waals surface area (Å²) >= 11 is 0. The molecule has 0 atom stereocenters. The maximum absolute atomic E-state index is 13.8. The van der Waals surface area contributed by atoms with Gasteiger partial charge in [0.15, 0.2) is 0 Å². The molecule has 17 aromatic carbocycles. The number of para-hydroxylation sites is 2. The van der Waals surface area contributed by atoms with Crippen LogP contribution in [0.2, 0.25) is 0 Å². The van der Waals surface area contributed by atoms with Crippen molar-refractivity contribution in [1.29, 1.82) is 0 Å². The van der Waals surface area contributed by atoms with E-state index in [0.29, 0.717) is 26.4 Å². The summed E-state index contributed by atoms with van der Waals surface area (Å²) in [7, 11) is 0. The van der Waals surface area contributed by atoms with Crippen LogP contribution in [0.15, 0.2) is 388 Å². The number of benzene rings is 17. The van der Waals surface area contributed by atoms with Gasteiger partial charge in [0.1, 0.15) is 11.5 Å². The van der Waals surface area contributed by atoms with Crippen molar-refractivity contribution in [2.24, 2.45) is 0 Å². The first-order valence-corrected chi connectivity index (χ1v) is 38.0. The molecular formula is C102H68F6N4O4. The molecular weight excluding hydrogens is 1460 g/mol. The number of anilines is 6. The first-order chi connectivity index (χ1) is 56.9. The molecule has 0 amide bonds. The van der Waals surface area contributed by atoms with Gasteiger partial charge in [0.25, 0.3) is 0 Å². The van der Waals surface area contributed by atoms with E-state index in [4.69, 9.17) is 18.9 Å². The average molecular weight is 1530 g/mol. The van der Waals surface area contributed by atoms with Gasteiger partial charge < -0.3 is 37.9 Å². The molecule has 0 unspecified atom stereocenters. The Bertz CT molecular complexity index is 6590. The second-order valence-electron chi connectivity index (χ2n) is 28.7. The van der Waals surface area contributed by atoms with Crippen LogP contribution < -0.4 is 19.3 Å². The van der Waals surface area contributed by atoms with E-state index in [2.05, 4.69) is 249 Å². The van der Waals surface area contributed by atoms with E-state index < -0.39 is 24.2 Å². The van der Waals surface area contributed by atoms with Gasteiger partial charge in [0.2, 0.25) is 0 Å². The monoisotopic (exact) mass is 1530 g/mol. The van der Waals surface area contributed by atoms with Gasteiger partial charge in [0.05, 0.1) is 48.5 Å². The minimum Gasteiger partial charge on any atom is -0.428 e. The summed E-state index contributed by atoms with van der Waals surface area (Å²) in [6.07, 6.45) is -5.05. The molecule has 8 nitrogen and oxygen atoms in total. The fourth-order valence-electron chi connectivity index (χ4n) is 16.1. The maximum atomic E-state index is 13.8. The van der Waals surface area contributed by atoms with Gasteiger partial charge in [-0.3, -0.25) is 0 Å². The molecule has 116 heavy (non-hydrogen) atoms. The number of fused-ring (bicyclic) bond motifs is 12. The third kappa shape index (κ3) is 14.1. The van der Waals surface area contributed by atoms with E-state index in [1.807, 2.05) is 84.9 Å². The number of nitrogens with zero attached hydrogens (tertiary/aromatic N) is 4. The summed E-state index contributed by atoms with van der Waals surface area (Å²) in [5, 5.41) is 13.8. The van der Waals surface area contributed by atoms with Crippen molar-refractivity contribution in [2.75, 3.05) is 9.80 Å². The van der Waals surface area contributed by atoms with Crippen molar-refractivity contribution < 1.29 is 45.3 Å². The molecule has 2 aromatic heterocycles. The van der Waals surface area contributed by atoms with Crippen LogP contribution >= 0.6 is 0 Å². The quantitative estimate of drug-likeness (QED) is 0.0383. The Labute approximate surface area is 663 Å². The smallest absolute Gasteiger partial charge is 0.344 e. The Balaban J connectivity index is 0.539. The zero-order valence-corrected chi connectivity index (χ0v) is 62.2. The van der Waals surface area contributed by atoms with E-state index in [-0.39, 0.29) is 11.5 Å². The Morgan fingerprint density at radius 2 is 0.560 bits per heavy atom. The Morgan fingerprint density at radius 3 is 0.948 bits per heavy atom. The normalized spacial score (nSPS) is 11.6. The fraction of sp³-hybridized carbons (Fsp3) is 0.0392. The number of aromatic nitrogens is 2. The van der Waals surface area contributed by atoms with Crippen LogP contribution in [0, 0.1) is 0 Å². The lowest BCUT2D eigenvalue weighted by Gasteiger charge is -2.26. The summed E-state index contributed by atoms with van der Waals surface area (Å²) in [5.41, 5.74) is 19.4. The number of hydrogen-bond donors (Lipinski definition) is 0. The first kappa shape index (κ1) is 71.8. The van der Waals surface area contributed by atoms with Crippen LogP contribution in [0.4, 0.5) is 60.5 Å². The van der Waals surface area contributed by atoms with E-state index in [1.54, 1.807) is 24.3 Å². The molecule has 19 aromatic rings. The lowest BCUT2D eigenvalue weighted by molar-refractivity contribution is 0.105. The third-order valence-electron chi connectivity index (χ3n) is 21.6. The van der Waals surface area contributed by atoms with Gasteiger partial charge >= 0.3 is 24.2 Å². The molecule has 0 saturated heterocycles. The zero-order valence-electron chi connectivity index (χ0n) is 62.2. The standard InChI is InChI=1S/C102H68F6N4O4/c103-99(104)101(107)115-85-47-43-79(44-48-85)109(77-17-3-1-4-18-77)83-21-11-15-71(53-83)73-37-51-95-91(55-73)93-59-89-75(35-33-69-13-7-9-23-87(69)89)57-97(93)111(95)81-39-29-67(30-40-81)63-113-61-65-25-27-66(28-26-65)62-114-64-68-31-41-82(42-32-68)112-96-52-38-74(56-92(96)94-60-90-76(58-98(94)112)36-34-70-14-8-10-24-88(70)90)72-16-12-22-84(54-72)110(78-19-5-2-6-20-78)80-45-49-86(50-46-80)116-102(108)100(105)106/h1-60H,61-64H2.